The number of rotatable bonds is 9. The minimum absolute atomic E-state index is 0.176. The minimum Gasteiger partial charge on any atom is -0.381 e. The van der Waals surface area contributed by atoms with E-state index in [9.17, 15) is 9.59 Å². The van der Waals surface area contributed by atoms with Crippen LogP contribution in [-0.4, -0.2) is 54.5 Å². The van der Waals surface area contributed by atoms with E-state index in [1.165, 1.54) is 11.3 Å². The lowest BCUT2D eigenvalue weighted by Gasteiger charge is -2.29. The molecule has 6 heteroatoms. The standard InChI is InChI=1S/C22H29ClN2O3/c1-2-3-15-28-16-7-14-25-21(26)19(17-8-10-18(23)11-9-17)20(22(25)27)24-12-5-4-6-13-24/h8-11H,2-7,12-16H2,1H3. The van der Waals surface area contributed by atoms with E-state index >= 15 is 0 Å². The van der Waals surface area contributed by atoms with E-state index in [0.717, 1.165) is 50.9 Å². The molecular formula is C22H29ClN2O3. The molecule has 0 unspecified atom stereocenters. The molecule has 1 fully saturated rings. The first-order valence-electron chi connectivity index (χ1n) is 10.3. The Hall–Kier alpha value is -1.85. The number of likely N-dealkylation sites (tertiary alicyclic amines) is 1. The van der Waals surface area contributed by atoms with Crippen molar-refractivity contribution in [3.8, 4) is 0 Å². The lowest BCUT2D eigenvalue weighted by Crippen LogP contribution is -2.37. The molecule has 0 radical (unpaired) electrons. The second-order valence-corrected chi connectivity index (χ2v) is 7.80. The average Bonchev–Trinajstić information content (AvgIpc) is 2.96. The quantitative estimate of drug-likeness (QED) is 0.459. The van der Waals surface area contributed by atoms with Crippen molar-refractivity contribution in [2.75, 3.05) is 32.8 Å². The third kappa shape index (κ3) is 4.76. The van der Waals surface area contributed by atoms with Crippen LogP contribution in [0.15, 0.2) is 30.0 Å². The largest absolute Gasteiger partial charge is 0.381 e. The fourth-order valence-corrected chi connectivity index (χ4v) is 3.85. The highest BCUT2D eigenvalue weighted by molar-refractivity contribution is 6.36. The Labute approximate surface area is 172 Å². The predicted octanol–water partition coefficient (Wildman–Crippen LogP) is 4.11. The first-order chi connectivity index (χ1) is 13.6. The molecule has 0 N–H and O–H groups in total. The summed E-state index contributed by atoms with van der Waals surface area (Å²) in [5.74, 6) is -0.383. The van der Waals surface area contributed by atoms with Gasteiger partial charge in [-0.05, 0) is 49.8 Å². The van der Waals surface area contributed by atoms with Crippen LogP contribution in [0.1, 0.15) is 51.0 Å². The normalized spacial score (nSPS) is 17.8. The Bertz CT molecular complexity index is 724. The van der Waals surface area contributed by atoms with Gasteiger partial charge < -0.3 is 9.64 Å². The van der Waals surface area contributed by atoms with Gasteiger partial charge in [0.2, 0.25) is 0 Å². The number of unbranched alkanes of at least 4 members (excludes halogenated alkanes) is 1. The maximum absolute atomic E-state index is 13.2. The number of hydrogen-bond donors (Lipinski definition) is 0. The number of halogens is 1. The Balaban J connectivity index is 1.77. The highest BCUT2D eigenvalue weighted by atomic mass is 35.5. The number of benzene rings is 1. The fourth-order valence-electron chi connectivity index (χ4n) is 3.73. The summed E-state index contributed by atoms with van der Waals surface area (Å²) in [6.45, 7) is 5.44. The Morgan fingerprint density at radius 3 is 2.32 bits per heavy atom. The predicted molar refractivity (Wildman–Crippen MR) is 111 cm³/mol. The van der Waals surface area contributed by atoms with E-state index in [-0.39, 0.29) is 11.8 Å². The van der Waals surface area contributed by atoms with Crippen LogP contribution in [0.4, 0.5) is 0 Å². The average molecular weight is 405 g/mol. The van der Waals surface area contributed by atoms with Crippen LogP contribution in [-0.2, 0) is 14.3 Å². The number of imide groups is 1. The van der Waals surface area contributed by atoms with Crippen molar-refractivity contribution in [1.82, 2.24) is 9.80 Å². The zero-order valence-corrected chi connectivity index (χ0v) is 17.3. The molecule has 1 aromatic rings. The highest BCUT2D eigenvalue weighted by Gasteiger charge is 2.41. The fraction of sp³-hybridized carbons (Fsp3) is 0.545. The molecule has 0 aromatic heterocycles. The van der Waals surface area contributed by atoms with Gasteiger partial charge in [0, 0.05) is 37.9 Å². The van der Waals surface area contributed by atoms with Crippen molar-refractivity contribution in [2.24, 2.45) is 0 Å². The molecule has 1 saturated heterocycles. The first-order valence-corrected chi connectivity index (χ1v) is 10.7. The maximum atomic E-state index is 13.2. The van der Waals surface area contributed by atoms with Gasteiger partial charge in [0.25, 0.3) is 11.8 Å². The molecule has 3 rings (SSSR count). The van der Waals surface area contributed by atoms with Crippen LogP contribution in [0.2, 0.25) is 5.02 Å². The molecule has 28 heavy (non-hydrogen) atoms. The zero-order valence-electron chi connectivity index (χ0n) is 16.6. The smallest absolute Gasteiger partial charge is 0.277 e. The van der Waals surface area contributed by atoms with Crippen molar-refractivity contribution in [3.05, 3.63) is 40.5 Å². The summed E-state index contributed by atoms with van der Waals surface area (Å²) in [6, 6.07) is 7.17. The monoisotopic (exact) mass is 404 g/mol. The van der Waals surface area contributed by atoms with Crippen molar-refractivity contribution in [3.63, 3.8) is 0 Å². The second kappa shape index (κ2) is 10.1. The Kier molecular flexibility index (Phi) is 7.51. The molecule has 5 nitrogen and oxygen atoms in total. The highest BCUT2D eigenvalue weighted by Crippen LogP contribution is 2.33. The van der Waals surface area contributed by atoms with Crippen molar-refractivity contribution in [1.29, 1.82) is 0 Å². The molecule has 0 atom stereocenters. The Morgan fingerprint density at radius 1 is 0.964 bits per heavy atom. The number of hydrogen-bond acceptors (Lipinski definition) is 4. The summed E-state index contributed by atoms with van der Waals surface area (Å²) >= 11 is 6.02. The van der Waals surface area contributed by atoms with Crippen LogP contribution >= 0.6 is 11.6 Å². The van der Waals surface area contributed by atoms with E-state index in [1.54, 1.807) is 12.1 Å². The molecule has 0 aliphatic carbocycles. The second-order valence-electron chi connectivity index (χ2n) is 7.36. The van der Waals surface area contributed by atoms with Crippen LogP contribution in [0.3, 0.4) is 0 Å². The summed E-state index contributed by atoms with van der Waals surface area (Å²) < 4.78 is 5.58. The molecule has 0 spiro atoms. The third-order valence-corrected chi connectivity index (χ3v) is 5.51. The van der Waals surface area contributed by atoms with E-state index < -0.39 is 0 Å². The van der Waals surface area contributed by atoms with Gasteiger partial charge >= 0.3 is 0 Å². The Morgan fingerprint density at radius 2 is 1.64 bits per heavy atom. The molecule has 2 aliphatic rings. The van der Waals surface area contributed by atoms with Gasteiger partial charge in [-0.3, -0.25) is 14.5 Å². The lowest BCUT2D eigenvalue weighted by atomic mass is 10.0. The molecule has 1 aromatic carbocycles. The number of ether oxygens (including phenoxy) is 1. The number of amides is 2. The number of piperidine rings is 1. The van der Waals surface area contributed by atoms with Gasteiger partial charge in [-0.2, -0.15) is 0 Å². The molecule has 152 valence electrons. The van der Waals surface area contributed by atoms with Gasteiger partial charge in [0.15, 0.2) is 0 Å². The van der Waals surface area contributed by atoms with Crippen LogP contribution < -0.4 is 0 Å². The van der Waals surface area contributed by atoms with Crippen LogP contribution in [0, 0.1) is 0 Å². The molecule has 0 saturated carbocycles. The van der Waals surface area contributed by atoms with Crippen molar-refractivity contribution < 1.29 is 14.3 Å². The zero-order chi connectivity index (χ0) is 19.9. The summed E-state index contributed by atoms with van der Waals surface area (Å²) in [5.41, 5.74) is 1.82. The maximum Gasteiger partial charge on any atom is 0.277 e. The van der Waals surface area contributed by atoms with E-state index in [1.807, 2.05) is 12.1 Å². The van der Waals surface area contributed by atoms with Gasteiger partial charge in [0.1, 0.15) is 5.70 Å². The van der Waals surface area contributed by atoms with Crippen LogP contribution in [0.25, 0.3) is 5.57 Å². The topological polar surface area (TPSA) is 49.9 Å². The van der Waals surface area contributed by atoms with Gasteiger partial charge in [-0.15, -0.1) is 0 Å². The lowest BCUT2D eigenvalue weighted by molar-refractivity contribution is -0.137. The SMILES string of the molecule is CCCCOCCCN1C(=O)C(c2ccc(Cl)cc2)=C(N2CCCCC2)C1=O. The molecule has 2 aliphatic heterocycles. The molecule has 0 bridgehead atoms. The van der Waals surface area contributed by atoms with Crippen molar-refractivity contribution >= 4 is 29.0 Å². The van der Waals surface area contributed by atoms with E-state index in [4.69, 9.17) is 16.3 Å². The molecular weight excluding hydrogens is 376 g/mol. The minimum atomic E-state index is -0.207. The van der Waals surface area contributed by atoms with Crippen LogP contribution in [0.5, 0.6) is 0 Å². The number of nitrogens with zero attached hydrogens (tertiary/aromatic N) is 2. The summed E-state index contributed by atoms with van der Waals surface area (Å²) in [6.07, 6.45) is 6.04. The number of carbonyl (C=O) groups is 2. The third-order valence-electron chi connectivity index (χ3n) is 5.26. The first kappa shape index (κ1) is 20.9. The van der Waals surface area contributed by atoms with E-state index in [2.05, 4.69) is 11.8 Å². The molecule has 2 amide bonds. The summed E-state index contributed by atoms with van der Waals surface area (Å²) in [5, 5.41) is 0.613. The molecule has 2 heterocycles. The van der Waals surface area contributed by atoms with Crippen molar-refractivity contribution in [2.45, 2.75) is 45.4 Å². The van der Waals surface area contributed by atoms with Gasteiger partial charge in [0.05, 0.1) is 5.57 Å². The van der Waals surface area contributed by atoms with Gasteiger partial charge in [-0.25, -0.2) is 0 Å². The summed E-state index contributed by atoms with van der Waals surface area (Å²) in [4.78, 5) is 29.8. The number of carbonyl (C=O) groups excluding carboxylic acids is 2. The summed E-state index contributed by atoms with van der Waals surface area (Å²) in [7, 11) is 0. The van der Waals surface area contributed by atoms with E-state index in [0.29, 0.717) is 35.9 Å². The van der Waals surface area contributed by atoms with Gasteiger partial charge in [-0.1, -0.05) is 37.1 Å².